The number of benzene rings is 1. The zero-order valence-electron chi connectivity index (χ0n) is 54.1. The van der Waals surface area contributed by atoms with Crippen LogP contribution in [0.4, 0.5) is 0 Å². The molecule has 4 heterocycles. The maximum Gasteiger partial charge on any atom is 0.364 e. The number of hydrogen-bond acceptors (Lipinski definition) is 23. The Hall–Kier alpha value is -5.71. The van der Waals surface area contributed by atoms with Crippen molar-refractivity contribution in [1.29, 1.82) is 0 Å². The van der Waals surface area contributed by atoms with E-state index in [1.807, 2.05) is 49.6 Å². The van der Waals surface area contributed by atoms with Gasteiger partial charge in [0, 0.05) is 59.3 Å². The summed E-state index contributed by atoms with van der Waals surface area (Å²) >= 11 is 1.46. The number of aliphatic hydroxyl groups is 8. The smallest absolute Gasteiger partial charge is 0.364 e. The Balaban J connectivity index is 1.16. The fourth-order valence-corrected chi connectivity index (χ4v) is 12.9. The largest absolute Gasteiger partial charge is 0.477 e. The Morgan fingerprint density at radius 1 is 0.901 bits per heavy atom. The Bertz CT molecular complexity index is 2770. The molecule has 0 aliphatic carbocycles. The molecule has 19 unspecified atom stereocenters. The molecular formula is C61H98N10O19S. The van der Waals surface area contributed by atoms with Crippen molar-refractivity contribution in [3.05, 3.63) is 64.4 Å². The van der Waals surface area contributed by atoms with Crippen LogP contribution < -0.4 is 16.0 Å². The molecule has 30 heteroatoms. The van der Waals surface area contributed by atoms with E-state index >= 15 is 0 Å². The van der Waals surface area contributed by atoms with Crippen LogP contribution >= 0.6 is 11.3 Å². The average Bonchev–Trinajstić information content (AvgIpc) is 1.23. The highest BCUT2D eigenvalue weighted by Crippen LogP contribution is 2.33. The molecule has 1 aromatic carbocycles. The van der Waals surface area contributed by atoms with Crippen molar-refractivity contribution in [3.63, 3.8) is 0 Å². The predicted octanol–water partition coefficient (Wildman–Crippen LogP) is -1.04. The second kappa shape index (κ2) is 35.0. The SMILES string of the molecule is CCC(C)C(C(CC(=O)N1CCCC1C(OC)C(C)C(=O)NC(Cc1ccccc1)c1nccs1)OC)N(C)C(=O)C(NC(=O)C(C(C)C)N(C)CC(O)C(O)C(O)C(O)COCc1cn(CC(O)C(O)C2OC(O)(C(=O)O)CC(O)C2NC(C)=O)nn1)C(C)C. The maximum absolute atomic E-state index is 14.8. The molecule has 2 saturated heterocycles. The van der Waals surface area contributed by atoms with Crippen molar-refractivity contribution < 1.29 is 93.7 Å². The van der Waals surface area contributed by atoms with Crippen molar-refractivity contribution in [2.24, 2.45) is 23.7 Å². The highest BCUT2D eigenvalue weighted by molar-refractivity contribution is 7.09. The molecular weight excluding hydrogens is 1210 g/mol. The Morgan fingerprint density at radius 2 is 1.57 bits per heavy atom. The molecule has 2 fully saturated rings. The molecule has 91 heavy (non-hydrogen) atoms. The quantitative estimate of drug-likeness (QED) is 0.0331. The third-order valence-electron chi connectivity index (χ3n) is 17.3. The maximum atomic E-state index is 14.8. The van der Waals surface area contributed by atoms with Gasteiger partial charge in [0.1, 0.15) is 53.4 Å². The van der Waals surface area contributed by atoms with Crippen molar-refractivity contribution in [1.82, 2.24) is 50.6 Å². The third-order valence-corrected chi connectivity index (χ3v) is 18.2. The zero-order chi connectivity index (χ0) is 67.8. The molecule has 512 valence electrons. The van der Waals surface area contributed by atoms with Gasteiger partial charge in [-0.05, 0) is 49.6 Å². The second-order valence-corrected chi connectivity index (χ2v) is 25.8. The monoisotopic (exact) mass is 1310 g/mol. The zero-order valence-corrected chi connectivity index (χ0v) is 54.9. The number of nitrogens with zero attached hydrogens (tertiary/aromatic N) is 7. The van der Waals surface area contributed by atoms with Crippen molar-refractivity contribution in [3.8, 4) is 0 Å². The number of methoxy groups -OCH3 is 2. The molecule has 0 bridgehead atoms. The van der Waals surface area contributed by atoms with Crippen LogP contribution in [-0.4, -0.2) is 261 Å². The number of aliphatic carboxylic acids is 1. The molecule has 19 atom stereocenters. The molecule has 0 saturated carbocycles. The second-order valence-electron chi connectivity index (χ2n) is 24.9. The van der Waals surface area contributed by atoms with Gasteiger partial charge in [0.2, 0.25) is 29.5 Å². The molecule has 3 aromatic rings. The number of carbonyl (C=O) groups is 6. The van der Waals surface area contributed by atoms with Crippen LogP contribution in [-0.2, 0) is 67.3 Å². The van der Waals surface area contributed by atoms with Crippen LogP contribution in [0.5, 0.6) is 0 Å². The summed E-state index contributed by atoms with van der Waals surface area (Å²) in [4.78, 5) is 90.7. The number of nitrogens with one attached hydrogen (secondary N) is 3. The molecule has 29 nitrogen and oxygen atoms in total. The number of likely N-dealkylation sites (N-methyl/N-ethyl adjacent to an activating group) is 2. The lowest BCUT2D eigenvalue weighted by Gasteiger charge is -2.44. The number of ether oxygens (including phenoxy) is 4. The highest BCUT2D eigenvalue weighted by Gasteiger charge is 2.54. The van der Waals surface area contributed by atoms with Crippen LogP contribution in [0, 0.1) is 23.7 Å². The summed E-state index contributed by atoms with van der Waals surface area (Å²) < 4.78 is 23.9. The summed E-state index contributed by atoms with van der Waals surface area (Å²) in [5.41, 5.74) is 1.16. The fraction of sp³-hybridized carbons (Fsp3) is 0.721. The first-order valence-corrected chi connectivity index (χ1v) is 31.8. The Kier molecular flexibility index (Phi) is 29.2. The van der Waals surface area contributed by atoms with Gasteiger partial charge in [-0.15, -0.1) is 16.4 Å². The van der Waals surface area contributed by atoms with E-state index < -0.39 is 158 Å². The molecule has 0 radical (unpaired) electrons. The number of likely N-dealkylation sites (tertiary alicyclic amines) is 1. The number of carbonyl (C=O) groups excluding carboxylic acids is 5. The normalized spacial score (nSPS) is 23.4. The van der Waals surface area contributed by atoms with Gasteiger partial charge in [0.15, 0.2) is 0 Å². The van der Waals surface area contributed by atoms with Gasteiger partial charge in [0.05, 0.1) is 92.9 Å². The lowest BCUT2D eigenvalue weighted by Crippen LogP contribution is -2.67. The summed E-state index contributed by atoms with van der Waals surface area (Å²) in [7, 11) is 6.18. The summed E-state index contributed by atoms with van der Waals surface area (Å²) in [6, 6.07) is 4.90. The third kappa shape index (κ3) is 20.2. The van der Waals surface area contributed by atoms with E-state index in [4.69, 9.17) is 18.9 Å². The van der Waals surface area contributed by atoms with E-state index in [-0.39, 0.29) is 49.0 Å². The Labute approximate surface area is 535 Å². The number of amides is 5. The van der Waals surface area contributed by atoms with E-state index in [0.29, 0.717) is 32.2 Å². The van der Waals surface area contributed by atoms with Gasteiger partial charge in [-0.2, -0.15) is 0 Å². The molecule has 2 aromatic heterocycles. The van der Waals surface area contributed by atoms with Gasteiger partial charge >= 0.3 is 5.97 Å². The summed E-state index contributed by atoms with van der Waals surface area (Å²) in [6.45, 7) is 12.5. The van der Waals surface area contributed by atoms with E-state index in [2.05, 4.69) is 31.2 Å². The van der Waals surface area contributed by atoms with E-state index in [1.165, 1.54) is 41.5 Å². The number of rotatable bonds is 36. The molecule has 5 rings (SSSR count). The van der Waals surface area contributed by atoms with E-state index in [1.54, 1.807) is 59.9 Å². The number of aromatic nitrogens is 4. The predicted molar refractivity (Wildman–Crippen MR) is 329 cm³/mol. The van der Waals surface area contributed by atoms with Gasteiger partial charge in [-0.25, -0.2) is 14.5 Å². The van der Waals surface area contributed by atoms with Gasteiger partial charge < -0.3 is 90.7 Å². The first-order chi connectivity index (χ1) is 42.9. The average molecular weight is 1310 g/mol. The molecule has 5 amide bonds. The molecule has 2 aliphatic heterocycles. The van der Waals surface area contributed by atoms with Gasteiger partial charge in [-0.3, -0.25) is 28.9 Å². The minimum atomic E-state index is -2.95. The van der Waals surface area contributed by atoms with Crippen molar-refractivity contribution in [2.75, 3.05) is 48.0 Å². The van der Waals surface area contributed by atoms with Crippen LogP contribution in [0.2, 0.25) is 0 Å². The summed E-state index contributed by atoms with van der Waals surface area (Å²) in [6.07, 6.45) is -11.7. The lowest BCUT2D eigenvalue weighted by atomic mass is 9.88. The lowest BCUT2D eigenvalue weighted by molar-refractivity contribution is -0.294. The first kappa shape index (κ1) is 76.0. The minimum absolute atomic E-state index is 0.0946. The number of carboxylic acids is 1. The molecule has 0 spiro atoms. The van der Waals surface area contributed by atoms with Crippen molar-refractivity contribution >= 4 is 46.8 Å². The van der Waals surface area contributed by atoms with Crippen LogP contribution in [0.25, 0.3) is 0 Å². The number of aliphatic hydroxyl groups excluding tert-OH is 7. The number of thiazole rings is 1. The Morgan fingerprint density at radius 3 is 2.15 bits per heavy atom. The van der Waals surface area contributed by atoms with Crippen LogP contribution in [0.1, 0.15) is 110 Å². The first-order valence-electron chi connectivity index (χ1n) is 30.9. The van der Waals surface area contributed by atoms with E-state index in [0.717, 1.165) is 22.2 Å². The summed E-state index contributed by atoms with van der Waals surface area (Å²) in [5, 5.41) is 115. The number of hydrogen-bond donors (Lipinski definition) is 12. The van der Waals surface area contributed by atoms with Gasteiger partial charge in [-0.1, -0.05) is 90.4 Å². The topological polar surface area (TPSA) is 411 Å². The summed E-state index contributed by atoms with van der Waals surface area (Å²) in [5.74, 6) is -8.66. The minimum Gasteiger partial charge on any atom is -0.477 e. The fourth-order valence-electron chi connectivity index (χ4n) is 12.2. The number of carboxylic acid groups (broad SMARTS) is 1. The van der Waals surface area contributed by atoms with Crippen LogP contribution in [0.15, 0.2) is 48.1 Å². The van der Waals surface area contributed by atoms with Crippen LogP contribution in [0.3, 0.4) is 0 Å². The van der Waals surface area contributed by atoms with E-state index in [9.17, 15) is 74.7 Å². The van der Waals surface area contributed by atoms with Gasteiger partial charge in [0.25, 0.3) is 5.79 Å². The standard InChI is InChI=1S/C61H98N10O19S/c1-13-34(6)50(45(87-11)25-46(77)71-22-17-20-40(71)54(88-12)35(7)56(81)64-39(58-62-21-23-91-58)24-37-18-15-14-16-19-37)69(10)59(83)47(32(2)3)65-57(82)49(33(4)5)68(9)28-42(74)51(78)52(79)44(76)31-89-30-38-27-70(67-66-38)29-43(75)53(80)55-48(63-36(8)72)41(73)26-61(86,90-55)60(84)85/h14-16,18-19,21,23,27,32-35,39-45,47-55,73-76,78-80,86H,13,17,20,22,24-26,28-31H2,1-12H3,(H,63,72)(H,64,81)(H,65,82)(H,84,85). The molecule has 12 N–H and O–H groups in total. The molecule has 2 aliphatic rings. The highest BCUT2D eigenvalue weighted by atomic mass is 32.1. The van der Waals surface area contributed by atoms with Crippen molar-refractivity contribution in [2.45, 2.75) is 210 Å².